The minimum Gasteiger partial charge on any atom is -0.391 e. The van der Waals surface area contributed by atoms with Gasteiger partial charge in [0.25, 0.3) is 0 Å². The van der Waals surface area contributed by atoms with Crippen LogP contribution in [0, 0.1) is 6.92 Å². The molecule has 0 bridgehead atoms. The molecule has 0 aliphatic carbocycles. The number of aromatic nitrogens is 1. The average molecular weight is 155 g/mol. The van der Waals surface area contributed by atoms with Crippen LogP contribution >= 0.6 is 11.3 Å². The number of hydrogen-bond acceptors (Lipinski definition) is 3. The lowest BCUT2D eigenvalue weighted by Crippen LogP contribution is -1.80. The zero-order chi connectivity index (χ0) is 7.56. The van der Waals surface area contributed by atoms with Crippen LogP contribution in [0.1, 0.15) is 15.6 Å². The van der Waals surface area contributed by atoms with Crippen molar-refractivity contribution in [1.29, 1.82) is 0 Å². The monoisotopic (exact) mass is 155 g/mol. The van der Waals surface area contributed by atoms with E-state index in [9.17, 15) is 0 Å². The van der Waals surface area contributed by atoms with E-state index in [1.165, 1.54) is 11.3 Å². The molecule has 1 aromatic rings. The van der Waals surface area contributed by atoms with Crippen molar-refractivity contribution >= 4 is 17.4 Å². The van der Waals surface area contributed by atoms with Gasteiger partial charge in [-0.1, -0.05) is 6.58 Å². The molecule has 1 aromatic heterocycles. The quantitative estimate of drug-likeness (QED) is 0.703. The van der Waals surface area contributed by atoms with Crippen LogP contribution in [0.25, 0.3) is 6.08 Å². The summed E-state index contributed by atoms with van der Waals surface area (Å²) >= 11 is 1.48. The highest BCUT2D eigenvalue weighted by molar-refractivity contribution is 7.12. The molecule has 0 unspecified atom stereocenters. The fourth-order valence-electron chi connectivity index (χ4n) is 0.685. The SMILES string of the molecule is C=Cc1nc(C)c(CO)s1. The second-order valence-corrected chi connectivity index (χ2v) is 3.04. The van der Waals surface area contributed by atoms with E-state index in [0.29, 0.717) is 0 Å². The number of aliphatic hydroxyl groups excluding tert-OH is 1. The van der Waals surface area contributed by atoms with Crippen molar-refractivity contribution < 1.29 is 5.11 Å². The van der Waals surface area contributed by atoms with Crippen LogP contribution in [-0.4, -0.2) is 10.1 Å². The first-order chi connectivity index (χ1) is 4.77. The highest BCUT2D eigenvalue weighted by atomic mass is 32.1. The molecular formula is C7H9NOS. The Balaban J connectivity index is 3.03. The van der Waals surface area contributed by atoms with Gasteiger partial charge in [-0.2, -0.15) is 0 Å². The van der Waals surface area contributed by atoms with Crippen molar-refractivity contribution in [3.63, 3.8) is 0 Å². The first-order valence-corrected chi connectivity index (χ1v) is 3.79. The van der Waals surface area contributed by atoms with Crippen LogP contribution in [-0.2, 0) is 6.61 Å². The molecule has 54 valence electrons. The molecule has 0 radical (unpaired) electrons. The van der Waals surface area contributed by atoms with Gasteiger partial charge in [0.15, 0.2) is 0 Å². The first-order valence-electron chi connectivity index (χ1n) is 2.97. The summed E-state index contributed by atoms with van der Waals surface area (Å²) in [6.07, 6.45) is 1.69. The van der Waals surface area contributed by atoms with Crippen LogP contribution in [0.4, 0.5) is 0 Å². The maximum atomic E-state index is 8.76. The molecule has 2 nitrogen and oxygen atoms in total. The Labute approximate surface area is 63.9 Å². The summed E-state index contributed by atoms with van der Waals surface area (Å²) in [7, 11) is 0. The van der Waals surface area contributed by atoms with Gasteiger partial charge in [0.1, 0.15) is 5.01 Å². The molecule has 10 heavy (non-hydrogen) atoms. The molecule has 0 saturated carbocycles. The molecule has 0 aliphatic rings. The Bertz CT molecular complexity index is 242. The van der Waals surface area contributed by atoms with E-state index in [-0.39, 0.29) is 6.61 Å². The molecule has 3 heteroatoms. The number of thiazole rings is 1. The standard InChI is InChI=1S/C7H9NOS/c1-3-7-8-5(2)6(4-9)10-7/h3,9H,1,4H2,2H3. The molecule has 0 aromatic carbocycles. The van der Waals surface area contributed by atoms with Crippen LogP contribution in [0.3, 0.4) is 0 Å². The minimum atomic E-state index is 0.0807. The minimum absolute atomic E-state index is 0.0807. The van der Waals surface area contributed by atoms with Gasteiger partial charge in [-0.3, -0.25) is 0 Å². The van der Waals surface area contributed by atoms with Crippen molar-refractivity contribution in [3.8, 4) is 0 Å². The maximum absolute atomic E-state index is 8.76. The highest BCUT2D eigenvalue weighted by Gasteiger charge is 2.02. The van der Waals surface area contributed by atoms with E-state index >= 15 is 0 Å². The van der Waals surface area contributed by atoms with Gasteiger partial charge in [0.2, 0.25) is 0 Å². The predicted molar refractivity (Wildman–Crippen MR) is 42.9 cm³/mol. The summed E-state index contributed by atoms with van der Waals surface area (Å²) in [5.74, 6) is 0. The van der Waals surface area contributed by atoms with Gasteiger partial charge in [-0.25, -0.2) is 4.98 Å². The van der Waals surface area contributed by atoms with Gasteiger partial charge in [0, 0.05) is 0 Å². The highest BCUT2D eigenvalue weighted by Crippen LogP contribution is 2.17. The molecule has 0 spiro atoms. The normalized spacial score (nSPS) is 9.80. The Morgan fingerprint density at radius 3 is 2.80 bits per heavy atom. The molecule has 0 atom stereocenters. The summed E-state index contributed by atoms with van der Waals surface area (Å²) in [5.41, 5.74) is 0.905. The first kappa shape index (κ1) is 7.44. The molecule has 1 heterocycles. The van der Waals surface area contributed by atoms with E-state index < -0.39 is 0 Å². The smallest absolute Gasteiger partial charge is 0.116 e. The number of hydrogen-bond donors (Lipinski definition) is 1. The third kappa shape index (κ3) is 1.25. The predicted octanol–water partition coefficient (Wildman–Crippen LogP) is 1.59. The van der Waals surface area contributed by atoms with E-state index in [4.69, 9.17) is 5.11 Å². The molecule has 0 fully saturated rings. The maximum Gasteiger partial charge on any atom is 0.116 e. The zero-order valence-corrected chi connectivity index (χ0v) is 6.61. The Morgan fingerprint density at radius 1 is 1.80 bits per heavy atom. The second-order valence-electron chi connectivity index (χ2n) is 1.92. The van der Waals surface area contributed by atoms with Gasteiger partial charge in [0.05, 0.1) is 17.2 Å². The molecular weight excluding hydrogens is 146 g/mol. The summed E-state index contributed by atoms with van der Waals surface area (Å²) in [6, 6.07) is 0. The van der Waals surface area contributed by atoms with Crippen LogP contribution in [0.15, 0.2) is 6.58 Å². The van der Waals surface area contributed by atoms with Crippen molar-refractivity contribution in [2.45, 2.75) is 13.5 Å². The average Bonchev–Trinajstić information content (AvgIpc) is 2.30. The van der Waals surface area contributed by atoms with Gasteiger partial charge < -0.3 is 5.11 Å². The Kier molecular flexibility index (Phi) is 2.19. The zero-order valence-electron chi connectivity index (χ0n) is 5.79. The van der Waals surface area contributed by atoms with Crippen LogP contribution in [0.5, 0.6) is 0 Å². The molecule has 0 aliphatic heterocycles. The third-order valence-electron chi connectivity index (χ3n) is 1.23. The summed E-state index contributed by atoms with van der Waals surface area (Å²) in [5, 5.41) is 9.64. The second kappa shape index (κ2) is 2.94. The number of rotatable bonds is 2. The van der Waals surface area contributed by atoms with Gasteiger partial charge in [-0.15, -0.1) is 11.3 Å². The fourth-order valence-corrected chi connectivity index (χ4v) is 1.46. The molecule has 1 rings (SSSR count). The van der Waals surface area contributed by atoms with Crippen molar-refractivity contribution in [1.82, 2.24) is 4.98 Å². The third-order valence-corrected chi connectivity index (χ3v) is 2.37. The topological polar surface area (TPSA) is 33.1 Å². The van der Waals surface area contributed by atoms with E-state index in [1.54, 1.807) is 6.08 Å². The van der Waals surface area contributed by atoms with Gasteiger partial charge >= 0.3 is 0 Å². The molecule has 0 amide bonds. The molecule has 0 saturated heterocycles. The van der Waals surface area contributed by atoms with Crippen molar-refractivity contribution in [2.24, 2.45) is 0 Å². The number of aryl methyl sites for hydroxylation is 1. The lowest BCUT2D eigenvalue weighted by Gasteiger charge is -1.85. The molecule has 1 N–H and O–H groups in total. The lowest BCUT2D eigenvalue weighted by molar-refractivity contribution is 0.284. The van der Waals surface area contributed by atoms with Gasteiger partial charge in [-0.05, 0) is 13.0 Å². The van der Waals surface area contributed by atoms with E-state index in [0.717, 1.165) is 15.6 Å². The van der Waals surface area contributed by atoms with Crippen LogP contribution < -0.4 is 0 Å². The summed E-state index contributed by atoms with van der Waals surface area (Å²) in [4.78, 5) is 5.07. The van der Waals surface area contributed by atoms with E-state index in [1.807, 2.05) is 6.92 Å². The number of nitrogens with zero attached hydrogens (tertiary/aromatic N) is 1. The lowest BCUT2D eigenvalue weighted by atomic mass is 10.4. The van der Waals surface area contributed by atoms with Crippen LogP contribution in [0.2, 0.25) is 0 Å². The summed E-state index contributed by atoms with van der Waals surface area (Å²) < 4.78 is 0. The summed E-state index contributed by atoms with van der Waals surface area (Å²) in [6.45, 7) is 5.55. The number of aliphatic hydroxyl groups is 1. The Morgan fingerprint density at radius 2 is 2.50 bits per heavy atom. The fraction of sp³-hybridized carbons (Fsp3) is 0.286. The van der Waals surface area contributed by atoms with Crippen molar-refractivity contribution in [2.75, 3.05) is 0 Å². The Hall–Kier alpha value is -0.670. The van der Waals surface area contributed by atoms with E-state index in [2.05, 4.69) is 11.6 Å². The largest absolute Gasteiger partial charge is 0.391 e. The van der Waals surface area contributed by atoms with Crippen molar-refractivity contribution in [3.05, 3.63) is 22.2 Å².